The highest BCUT2D eigenvalue weighted by Gasteiger charge is 2.54. The van der Waals surface area contributed by atoms with Crippen LogP contribution in [0.1, 0.15) is 33.1 Å². The predicted octanol–water partition coefficient (Wildman–Crippen LogP) is 3.74. The molecular weight excluding hydrogens is 196 g/mol. The molecule has 84 valence electrons. The molecule has 16 heavy (non-hydrogen) atoms. The summed E-state index contributed by atoms with van der Waals surface area (Å²) in [4.78, 5) is 0. The molecule has 1 aliphatic heterocycles. The van der Waals surface area contributed by atoms with Gasteiger partial charge in [-0.2, -0.15) is 0 Å². The van der Waals surface area contributed by atoms with Crippen LogP contribution in [0, 0.1) is 5.92 Å². The summed E-state index contributed by atoms with van der Waals surface area (Å²) in [5.74, 6) is 0.743. The topological polar surface area (TPSA) is 15.4 Å². The summed E-state index contributed by atoms with van der Waals surface area (Å²) in [6.45, 7) is 4.64. The zero-order valence-corrected chi connectivity index (χ0v) is 10.1. The lowest BCUT2D eigenvalue weighted by molar-refractivity contribution is -0.539. The van der Waals surface area contributed by atoms with Crippen molar-refractivity contribution in [3.8, 4) is 0 Å². The first-order chi connectivity index (χ1) is 7.71. The average molecular weight is 215 g/mol. The van der Waals surface area contributed by atoms with Gasteiger partial charge < -0.3 is 0 Å². The van der Waals surface area contributed by atoms with Gasteiger partial charge in [0.2, 0.25) is 5.69 Å². The van der Waals surface area contributed by atoms with Gasteiger partial charge in [0.15, 0.2) is 6.04 Å². The first-order valence-corrected chi connectivity index (χ1v) is 6.28. The summed E-state index contributed by atoms with van der Waals surface area (Å²) in [7, 11) is 0. The maximum absolute atomic E-state index is 4.97. The lowest BCUT2D eigenvalue weighted by Crippen LogP contribution is -2.29. The number of hydrogen-bond acceptors (Lipinski definition) is 1. The molecule has 0 bridgehead atoms. The van der Waals surface area contributed by atoms with Crippen molar-refractivity contribution in [3.05, 3.63) is 30.3 Å². The van der Waals surface area contributed by atoms with Crippen LogP contribution in [0.5, 0.6) is 0 Å². The van der Waals surface area contributed by atoms with Gasteiger partial charge in [0, 0.05) is 19.1 Å². The Morgan fingerprint density at radius 3 is 2.75 bits per heavy atom. The number of hydrogen-bond donors (Lipinski definition) is 0. The van der Waals surface area contributed by atoms with Crippen LogP contribution in [0.3, 0.4) is 0 Å². The molecule has 2 nitrogen and oxygen atoms in total. The molecule has 0 N–H and O–H groups in total. The molecule has 0 aromatic heterocycles. The predicted molar refractivity (Wildman–Crippen MR) is 64.0 cm³/mol. The van der Waals surface area contributed by atoms with Crippen LogP contribution in [-0.2, 0) is 0 Å². The van der Waals surface area contributed by atoms with Crippen molar-refractivity contribution in [1.29, 1.82) is 0 Å². The maximum Gasteiger partial charge on any atom is 0.231 e. The monoisotopic (exact) mass is 215 g/mol. The number of benzene rings is 1. The minimum atomic E-state index is 0.204. The molecular formula is C14H19N2+. The Morgan fingerprint density at radius 1 is 1.31 bits per heavy atom. The van der Waals surface area contributed by atoms with E-state index in [1.165, 1.54) is 24.9 Å². The second-order valence-electron chi connectivity index (χ2n) is 5.38. The van der Waals surface area contributed by atoms with Gasteiger partial charge in [-0.3, -0.25) is 0 Å². The van der Waals surface area contributed by atoms with Gasteiger partial charge in [-0.1, -0.05) is 29.3 Å². The molecule has 0 amide bonds. The zero-order chi connectivity index (χ0) is 11.2. The summed E-state index contributed by atoms with van der Waals surface area (Å²) in [5, 5.41) is 4.97. The van der Waals surface area contributed by atoms with E-state index in [0.717, 1.165) is 5.92 Å². The standard InChI is InChI=1S/C14H19N2/c1-11-13-9-6-10-14(13,2)15-16(11)12-7-4-3-5-8-12/h3-5,7-8,11,13H,6,9-10H2,1-2H3/q+1/t11-,13-,14+/m1/s1. The summed E-state index contributed by atoms with van der Waals surface area (Å²) < 4.78 is 2.24. The lowest BCUT2D eigenvalue weighted by Gasteiger charge is -2.15. The molecule has 1 aromatic rings. The molecule has 1 aliphatic carbocycles. The SMILES string of the molecule is C[C@@H]1[C@H]2CCC[C@]2(C)N=[N+]1c1ccccc1. The van der Waals surface area contributed by atoms with Crippen molar-refractivity contribution in [1.82, 2.24) is 0 Å². The van der Waals surface area contributed by atoms with Crippen molar-refractivity contribution in [2.45, 2.75) is 44.7 Å². The minimum absolute atomic E-state index is 0.204. The molecule has 0 unspecified atom stereocenters. The Balaban J connectivity index is 2.01. The number of nitrogens with zero attached hydrogens (tertiary/aromatic N) is 2. The van der Waals surface area contributed by atoms with Gasteiger partial charge in [0.1, 0.15) is 5.54 Å². The Morgan fingerprint density at radius 2 is 2.06 bits per heavy atom. The third kappa shape index (κ3) is 1.32. The maximum atomic E-state index is 4.97. The third-order valence-corrected chi connectivity index (χ3v) is 4.32. The molecule has 0 saturated heterocycles. The average Bonchev–Trinajstić information content (AvgIpc) is 2.78. The highest BCUT2D eigenvalue weighted by Crippen LogP contribution is 2.47. The van der Waals surface area contributed by atoms with Gasteiger partial charge in [0.25, 0.3) is 0 Å². The quantitative estimate of drug-likeness (QED) is 0.634. The highest BCUT2D eigenvalue weighted by atomic mass is 15.4. The summed E-state index contributed by atoms with van der Waals surface area (Å²) >= 11 is 0. The van der Waals surface area contributed by atoms with E-state index in [-0.39, 0.29) is 5.54 Å². The van der Waals surface area contributed by atoms with Gasteiger partial charge >= 0.3 is 0 Å². The van der Waals surface area contributed by atoms with Gasteiger partial charge in [-0.25, -0.2) is 0 Å². The fourth-order valence-electron chi connectivity index (χ4n) is 3.44. The Labute approximate surface area is 97.0 Å². The van der Waals surface area contributed by atoms with E-state index in [2.05, 4.69) is 48.9 Å². The smallest absolute Gasteiger partial charge is 0.0858 e. The fraction of sp³-hybridized carbons (Fsp3) is 0.571. The van der Waals surface area contributed by atoms with Crippen LogP contribution in [0.15, 0.2) is 35.4 Å². The van der Waals surface area contributed by atoms with Crippen molar-refractivity contribution in [2.24, 2.45) is 11.0 Å². The van der Waals surface area contributed by atoms with Crippen LogP contribution in [-0.4, -0.2) is 16.3 Å². The lowest BCUT2D eigenvalue weighted by atomic mass is 9.86. The van der Waals surface area contributed by atoms with Crippen molar-refractivity contribution in [2.75, 3.05) is 0 Å². The van der Waals surface area contributed by atoms with Gasteiger partial charge in [-0.05, 0) is 24.9 Å². The fourth-order valence-corrected chi connectivity index (χ4v) is 3.44. The molecule has 1 aromatic carbocycles. The van der Waals surface area contributed by atoms with E-state index in [1.807, 2.05) is 0 Å². The normalized spacial score (nSPS) is 37.2. The van der Waals surface area contributed by atoms with E-state index < -0.39 is 0 Å². The summed E-state index contributed by atoms with van der Waals surface area (Å²) in [6, 6.07) is 11.1. The number of fused-ring (bicyclic) bond motifs is 1. The molecule has 1 heterocycles. The van der Waals surface area contributed by atoms with E-state index in [1.54, 1.807) is 0 Å². The molecule has 2 aliphatic rings. The minimum Gasteiger partial charge on any atom is -0.0858 e. The zero-order valence-electron chi connectivity index (χ0n) is 10.1. The molecule has 1 saturated carbocycles. The number of azo groups is 2. The van der Waals surface area contributed by atoms with E-state index in [0.29, 0.717) is 6.04 Å². The molecule has 3 rings (SSSR count). The van der Waals surface area contributed by atoms with Gasteiger partial charge in [0.05, 0.1) is 5.92 Å². The second-order valence-corrected chi connectivity index (χ2v) is 5.38. The van der Waals surface area contributed by atoms with Crippen LogP contribution in [0.4, 0.5) is 5.69 Å². The van der Waals surface area contributed by atoms with Crippen LogP contribution in [0.2, 0.25) is 0 Å². The number of rotatable bonds is 1. The van der Waals surface area contributed by atoms with Crippen molar-refractivity contribution >= 4 is 5.69 Å². The van der Waals surface area contributed by atoms with E-state index >= 15 is 0 Å². The Bertz CT molecular complexity index is 424. The number of para-hydroxylation sites is 1. The molecule has 2 heteroatoms. The van der Waals surface area contributed by atoms with E-state index in [9.17, 15) is 0 Å². The van der Waals surface area contributed by atoms with Crippen LogP contribution in [0.25, 0.3) is 0 Å². The molecule has 1 fully saturated rings. The highest BCUT2D eigenvalue weighted by molar-refractivity contribution is 5.28. The first kappa shape index (κ1) is 10.0. The van der Waals surface area contributed by atoms with E-state index in [4.69, 9.17) is 5.11 Å². The van der Waals surface area contributed by atoms with Crippen LogP contribution >= 0.6 is 0 Å². The Hall–Kier alpha value is -1.18. The summed E-state index contributed by atoms with van der Waals surface area (Å²) in [5.41, 5.74) is 1.44. The van der Waals surface area contributed by atoms with Gasteiger partial charge in [-0.15, -0.1) is 0 Å². The second kappa shape index (κ2) is 3.41. The van der Waals surface area contributed by atoms with Crippen LogP contribution < -0.4 is 0 Å². The van der Waals surface area contributed by atoms with Crippen molar-refractivity contribution < 1.29 is 4.70 Å². The molecule has 0 radical (unpaired) electrons. The summed E-state index contributed by atoms with van der Waals surface area (Å²) in [6.07, 6.45) is 3.94. The molecule has 0 spiro atoms. The Kier molecular flexibility index (Phi) is 2.13. The third-order valence-electron chi connectivity index (χ3n) is 4.32. The van der Waals surface area contributed by atoms with Crippen molar-refractivity contribution in [3.63, 3.8) is 0 Å². The molecule has 3 atom stereocenters. The largest absolute Gasteiger partial charge is 0.231 e. The first-order valence-electron chi connectivity index (χ1n) is 6.28.